The molecule has 0 spiro atoms. The van der Waals surface area contributed by atoms with E-state index in [2.05, 4.69) is 5.32 Å². The number of nitrogens with one attached hydrogen (secondary N) is 1. The van der Waals surface area contributed by atoms with Crippen molar-refractivity contribution in [2.45, 2.75) is 6.54 Å². The average molecular weight is 390 g/mol. The summed E-state index contributed by atoms with van der Waals surface area (Å²) in [6, 6.07) is 12.6. The van der Waals surface area contributed by atoms with Gasteiger partial charge in [0.15, 0.2) is 0 Å². The smallest absolute Gasteiger partial charge is 0.254 e. The van der Waals surface area contributed by atoms with Crippen molar-refractivity contribution in [2.24, 2.45) is 0 Å². The molecule has 1 heterocycles. The van der Waals surface area contributed by atoms with Crippen molar-refractivity contribution in [1.29, 1.82) is 0 Å². The SMILES string of the molecule is O=C(CN(Cc1ccccc1Cl)C(=O)c1cccc(F)c1)N1CCNCC1. The number of rotatable bonds is 5. The number of piperazine rings is 1. The Morgan fingerprint density at radius 3 is 2.56 bits per heavy atom. The lowest BCUT2D eigenvalue weighted by Gasteiger charge is -2.30. The molecule has 0 bridgehead atoms. The van der Waals surface area contributed by atoms with Crippen molar-refractivity contribution >= 4 is 23.4 Å². The number of amides is 2. The third-order valence-corrected chi connectivity index (χ3v) is 4.84. The van der Waals surface area contributed by atoms with Gasteiger partial charge in [-0.2, -0.15) is 0 Å². The minimum absolute atomic E-state index is 0.0828. The molecule has 2 aromatic carbocycles. The van der Waals surface area contributed by atoms with E-state index in [4.69, 9.17) is 11.6 Å². The molecule has 0 radical (unpaired) electrons. The molecule has 2 amide bonds. The zero-order valence-corrected chi connectivity index (χ0v) is 15.6. The summed E-state index contributed by atoms with van der Waals surface area (Å²) in [7, 11) is 0. The molecule has 1 fully saturated rings. The molecule has 0 atom stereocenters. The van der Waals surface area contributed by atoms with Crippen molar-refractivity contribution in [3.63, 3.8) is 0 Å². The molecule has 0 aromatic heterocycles. The summed E-state index contributed by atoms with van der Waals surface area (Å²) in [5.41, 5.74) is 0.937. The highest BCUT2D eigenvalue weighted by Crippen LogP contribution is 2.19. The number of carbonyl (C=O) groups is 2. The molecule has 2 aromatic rings. The Kier molecular flexibility index (Phi) is 6.42. The van der Waals surface area contributed by atoms with E-state index in [0.717, 1.165) is 18.7 Å². The summed E-state index contributed by atoms with van der Waals surface area (Å²) < 4.78 is 13.6. The average Bonchev–Trinajstić information content (AvgIpc) is 2.69. The van der Waals surface area contributed by atoms with E-state index in [1.165, 1.54) is 23.1 Å². The Hall–Kier alpha value is -2.44. The van der Waals surface area contributed by atoms with Crippen LogP contribution in [0, 0.1) is 5.82 Å². The van der Waals surface area contributed by atoms with E-state index in [-0.39, 0.29) is 24.6 Å². The van der Waals surface area contributed by atoms with E-state index in [1.54, 1.807) is 23.1 Å². The summed E-state index contributed by atoms with van der Waals surface area (Å²) in [5, 5.41) is 3.71. The van der Waals surface area contributed by atoms with E-state index in [1.807, 2.05) is 12.1 Å². The second-order valence-electron chi connectivity index (χ2n) is 6.39. The van der Waals surface area contributed by atoms with Crippen LogP contribution in [-0.2, 0) is 11.3 Å². The first kappa shape index (κ1) is 19.3. The van der Waals surface area contributed by atoms with E-state index < -0.39 is 11.7 Å². The van der Waals surface area contributed by atoms with Crippen LogP contribution in [0.25, 0.3) is 0 Å². The topological polar surface area (TPSA) is 52.7 Å². The number of hydrogen-bond acceptors (Lipinski definition) is 3. The molecule has 5 nitrogen and oxygen atoms in total. The number of nitrogens with zero attached hydrogens (tertiary/aromatic N) is 2. The summed E-state index contributed by atoms with van der Waals surface area (Å²) in [5.74, 6) is -1.03. The number of halogens is 2. The zero-order chi connectivity index (χ0) is 19.2. The van der Waals surface area contributed by atoms with Gasteiger partial charge >= 0.3 is 0 Å². The Morgan fingerprint density at radius 1 is 1.11 bits per heavy atom. The molecule has 1 saturated heterocycles. The molecule has 0 unspecified atom stereocenters. The molecule has 1 aliphatic rings. The summed E-state index contributed by atoms with van der Waals surface area (Å²) in [6.07, 6.45) is 0. The molecule has 0 saturated carbocycles. The predicted octanol–water partition coefficient (Wildman–Crippen LogP) is 2.55. The molecule has 27 heavy (non-hydrogen) atoms. The highest BCUT2D eigenvalue weighted by Gasteiger charge is 2.24. The Bertz CT molecular complexity index is 824. The van der Waals surface area contributed by atoms with Gasteiger partial charge in [-0.3, -0.25) is 9.59 Å². The normalized spacial score (nSPS) is 14.1. The monoisotopic (exact) mass is 389 g/mol. The fourth-order valence-corrected chi connectivity index (χ4v) is 3.21. The summed E-state index contributed by atoms with van der Waals surface area (Å²) in [4.78, 5) is 28.8. The van der Waals surface area contributed by atoms with Gasteiger partial charge in [-0.05, 0) is 29.8 Å². The van der Waals surface area contributed by atoms with Gasteiger partial charge in [0.05, 0.1) is 0 Å². The number of hydrogen-bond donors (Lipinski definition) is 1. The lowest BCUT2D eigenvalue weighted by Crippen LogP contribution is -2.50. The van der Waals surface area contributed by atoms with E-state index >= 15 is 0 Å². The lowest BCUT2D eigenvalue weighted by atomic mass is 10.1. The second kappa shape index (κ2) is 8.97. The van der Waals surface area contributed by atoms with Gasteiger partial charge in [-0.15, -0.1) is 0 Å². The van der Waals surface area contributed by atoms with Crippen LogP contribution in [0.1, 0.15) is 15.9 Å². The van der Waals surface area contributed by atoms with E-state index in [0.29, 0.717) is 18.1 Å². The second-order valence-corrected chi connectivity index (χ2v) is 6.80. The van der Waals surface area contributed by atoms with Gasteiger partial charge in [-0.1, -0.05) is 35.9 Å². The molecule has 7 heteroatoms. The van der Waals surface area contributed by atoms with Crippen molar-refractivity contribution in [3.8, 4) is 0 Å². The van der Waals surface area contributed by atoms with Gasteiger partial charge in [0, 0.05) is 43.3 Å². The van der Waals surface area contributed by atoms with Crippen molar-refractivity contribution in [1.82, 2.24) is 15.1 Å². The van der Waals surface area contributed by atoms with Gasteiger partial charge in [0.1, 0.15) is 12.4 Å². The van der Waals surface area contributed by atoms with Crippen LogP contribution in [0.2, 0.25) is 5.02 Å². The van der Waals surface area contributed by atoms with E-state index in [9.17, 15) is 14.0 Å². The van der Waals surface area contributed by atoms with Crippen molar-refractivity contribution in [2.75, 3.05) is 32.7 Å². The molecular weight excluding hydrogens is 369 g/mol. The fourth-order valence-electron chi connectivity index (χ4n) is 3.01. The van der Waals surface area contributed by atoms with Crippen LogP contribution in [0.3, 0.4) is 0 Å². The first-order valence-corrected chi connectivity index (χ1v) is 9.19. The maximum atomic E-state index is 13.6. The van der Waals surface area contributed by atoms with Crippen molar-refractivity contribution < 1.29 is 14.0 Å². The Morgan fingerprint density at radius 2 is 1.85 bits per heavy atom. The Labute approximate surface area is 162 Å². The molecule has 142 valence electrons. The maximum absolute atomic E-state index is 13.6. The molecule has 3 rings (SSSR count). The third-order valence-electron chi connectivity index (χ3n) is 4.47. The molecular formula is C20H21ClFN3O2. The van der Waals surface area contributed by atoms with Crippen LogP contribution >= 0.6 is 11.6 Å². The lowest BCUT2D eigenvalue weighted by molar-refractivity contribution is -0.132. The van der Waals surface area contributed by atoms with Gasteiger partial charge in [0.25, 0.3) is 5.91 Å². The zero-order valence-electron chi connectivity index (χ0n) is 14.8. The Balaban J connectivity index is 1.82. The number of benzene rings is 2. The van der Waals surface area contributed by atoms with Gasteiger partial charge < -0.3 is 15.1 Å². The fraction of sp³-hybridized carbons (Fsp3) is 0.300. The van der Waals surface area contributed by atoms with Crippen LogP contribution in [0.4, 0.5) is 4.39 Å². The van der Waals surface area contributed by atoms with Crippen molar-refractivity contribution in [3.05, 3.63) is 70.5 Å². The minimum atomic E-state index is -0.494. The van der Waals surface area contributed by atoms with Crippen LogP contribution < -0.4 is 5.32 Å². The largest absolute Gasteiger partial charge is 0.339 e. The highest BCUT2D eigenvalue weighted by molar-refractivity contribution is 6.31. The first-order chi connectivity index (χ1) is 13.0. The summed E-state index contributed by atoms with van der Waals surface area (Å²) >= 11 is 6.23. The first-order valence-electron chi connectivity index (χ1n) is 8.81. The van der Waals surface area contributed by atoms with Crippen LogP contribution in [0.15, 0.2) is 48.5 Å². The highest BCUT2D eigenvalue weighted by atomic mass is 35.5. The minimum Gasteiger partial charge on any atom is -0.339 e. The standard InChI is InChI=1S/C20H21ClFN3O2/c21-18-7-2-1-4-16(18)13-25(14-19(26)24-10-8-23-9-11-24)20(27)15-5-3-6-17(22)12-15/h1-7,12,23H,8-11,13-14H2. The van der Waals surface area contributed by atoms with Gasteiger partial charge in [0.2, 0.25) is 5.91 Å². The maximum Gasteiger partial charge on any atom is 0.254 e. The molecule has 1 aliphatic heterocycles. The van der Waals surface area contributed by atoms with Gasteiger partial charge in [-0.25, -0.2) is 4.39 Å². The molecule has 0 aliphatic carbocycles. The number of carbonyl (C=O) groups excluding carboxylic acids is 2. The molecule has 1 N–H and O–H groups in total. The van der Waals surface area contributed by atoms with Crippen LogP contribution in [0.5, 0.6) is 0 Å². The summed E-state index contributed by atoms with van der Waals surface area (Å²) in [6.45, 7) is 2.76. The predicted molar refractivity (Wildman–Crippen MR) is 102 cm³/mol. The quantitative estimate of drug-likeness (QED) is 0.855. The van der Waals surface area contributed by atoms with Crippen LogP contribution in [-0.4, -0.2) is 54.3 Å². The third kappa shape index (κ3) is 5.05.